The summed E-state index contributed by atoms with van der Waals surface area (Å²) >= 11 is 1.31. The lowest BCUT2D eigenvalue weighted by molar-refractivity contribution is -0.120. The molecule has 1 aromatic carbocycles. The summed E-state index contributed by atoms with van der Waals surface area (Å²) in [4.78, 5) is 36.6. The number of rotatable bonds is 3. The van der Waals surface area contributed by atoms with Gasteiger partial charge in [-0.1, -0.05) is 11.8 Å². The summed E-state index contributed by atoms with van der Waals surface area (Å²) in [5.41, 5.74) is 1.28. The number of fused-ring (bicyclic) bond motifs is 2. The first-order valence-electron chi connectivity index (χ1n) is 11.3. The van der Waals surface area contributed by atoms with Gasteiger partial charge in [-0.2, -0.15) is 0 Å². The zero-order valence-electron chi connectivity index (χ0n) is 20.2. The molecule has 0 unspecified atom stereocenters. The van der Waals surface area contributed by atoms with Crippen molar-refractivity contribution in [1.82, 2.24) is 19.7 Å². The molecule has 37 heavy (non-hydrogen) atoms. The number of nitrogens with zero attached hydrogens (tertiary/aromatic N) is 4. The Morgan fingerprint density at radius 1 is 1.32 bits per heavy atom. The van der Waals surface area contributed by atoms with E-state index in [-0.39, 0.29) is 18.2 Å². The molecule has 0 radical (unpaired) electrons. The quantitative estimate of drug-likeness (QED) is 0.403. The van der Waals surface area contributed by atoms with Crippen molar-refractivity contribution in [1.29, 1.82) is 0 Å². The van der Waals surface area contributed by atoms with Crippen molar-refractivity contribution < 1.29 is 23.8 Å². The summed E-state index contributed by atoms with van der Waals surface area (Å²) in [7, 11) is 1.59. The fourth-order valence-electron chi connectivity index (χ4n) is 3.74. The first kappa shape index (κ1) is 24.4. The molecule has 11 heteroatoms. The number of hydrogen-bond acceptors (Lipinski definition) is 7. The fourth-order valence-corrected chi connectivity index (χ4v) is 4.61. The number of nitrogens with one attached hydrogen (secondary N) is 1. The predicted octanol–water partition coefficient (Wildman–Crippen LogP) is 2.87. The number of benzene rings is 1. The Bertz CT molecular complexity index is 1580. The molecule has 4 heterocycles. The third-order valence-corrected chi connectivity index (χ3v) is 6.44. The minimum Gasteiger partial charge on any atom is -0.489 e. The van der Waals surface area contributed by atoms with Gasteiger partial charge in [0.2, 0.25) is 0 Å². The van der Waals surface area contributed by atoms with Crippen molar-refractivity contribution in [3.05, 3.63) is 65.2 Å². The van der Waals surface area contributed by atoms with Crippen LogP contribution in [0, 0.1) is 17.7 Å². The van der Waals surface area contributed by atoms with Crippen LogP contribution in [0.5, 0.6) is 5.75 Å². The Morgan fingerprint density at radius 2 is 2.14 bits per heavy atom. The minimum absolute atomic E-state index is 0.0659. The van der Waals surface area contributed by atoms with Gasteiger partial charge in [-0.15, -0.1) is 11.3 Å². The molecule has 0 fully saturated rings. The standard InChI is InChI=1S/C26H22FN5O4S/c1-26(2,35)9-8-15-4-7-22-20(10-15)31(3)24(34)19(13-36-22)29-23(33)18-12-32-21(14-37-25(32)30-18)17-6-5-16(27)11-28-17/h4-7,10-12,14,19,35H,13H2,1-3H3,(H,29,33)/t19-/m0/s1. The summed E-state index contributed by atoms with van der Waals surface area (Å²) in [6.07, 6.45) is 2.67. The van der Waals surface area contributed by atoms with E-state index >= 15 is 0 Å². The third kappa shape index (κ3) is 5.02. The number of aromatic nitrogens is 3. The van der Waals surface area contributed by atoms with Gasteiger partial charge in [-0.25, -0.2) is 9.37 Å². The third-order valence-electron chi connectivity index (χ3n) is 5.60. The molecule has 0 spiro atoms. The molecule has 0 saturated heterocycles. The van der Waals surface area contributed by atoms with E-state index in [1.54, 1.807) is 55.8 Å². The highest BCUT2D eigenvalue weighted by Gasteiger charge is 2.31. The molecule has 188 valence electrons. The number of amides is 2. The summed E-state index contributed by atoms with van der Waals surface area (Å²) in [6, 6.07) is 7.05. The average Bonchev–Trinajstić information content (AvgIpc) is 3.43. The zero-order chi connectivity index (χ0) is 26.3. The van der Waals surface area contributed by atoms with Crippen molar-refractivity contribution in [2.75, 3.05) is 18.6 Å². The van der Waals surface area contributed by atoms with Gasteiger partial charge in [0.1, 0.15) is 35.5 Å². The van der Waals surface area contributed by atoms with Crippen molar-refractivity contribution in [3.8, 4) is 29.0 Å². The van der Waals surface area contributed by atoms with Gasteiger partial charge in [0, 0.05) is 24.2 Å². The van der Waals surface area contributed by atoms with E-state index in [2.05, 4.69) is 27.1 Å². The molecule has 1 atom stereocenters. The predicted molar refractivity (Wildman–Crippen MR) is 136 cm³/mol. The van der Waals surface area contributed by atoms with Gasteiger partial charge in [0.15, 0.2) is 4.96 Å². The maximum absolute atomic E-state index is 13.3. The normalized spacial score (nSPS) is 15.4. The summed E-state index contributed by atoms with van der Waals surface area (Å²) in [5.74, 6) is 4.76. The zero-order valence-corrected chi connectivity index (χ0v) is 21.0. The number of hydrogen-bond donors (Lipinski definition) is 2. The minimum atomic E-state index is -1.15. The molecule has 9 nitrogen and oxygen atoms in total. The number of imidazole rings is 1. The van der Waals surface area contributed by atoms with Gasteiger partial charge < -0.3 is 20.1 Å². The van der Waals surface area contributed by atoms with E-state index in [4.69, 9.17) is 4.74 Å². The molecular weight excluding hydrogens is 497 g/mol. The highest BCUT2D eigenvalue weighted by molar-refractivity contribution is 7.15. The van der Waals surface area contributed by atoms with Crippen LogP contribution in [-0.2, 0) is 4.79 Å². The number of likely N-dealkylation sites (N-methyl/N-ethyl adjacent to an activating group) is 1. The Hall–Kier alpha value is -4.27. The Balaban J connectivity index is 1.35. The number of anilines is 1. The van der Waals surface area contributed by atoms with Crippen molar-refractivity contribution in [3.63, 3.8) is 0 Å². The lowest BCUT2D eigenvalue weighted by Gasteiger charge is -2.20. The molecule has 0 aliphatic carbocycles. The van der Waals surface area contributed by atoms with Crippen molar-refractivity contribution in [2.24, 2.45) is 0 Å². The number of carbonyl (C=O) groups is 2. The second-order valence-corrected chi connectivity index (χ2v) is 9.82. The van der Waals surface area contributed by atoms with Crippen LogP contribution in [0.1, 0.15) is 29.9 Å². The number of aliphatic hydroxyl groups is 1. The van der Waals surface area contributed by atoms with E-state index < -0.39 is 23.4 Å². The molecular formula is C26H22FN5O4S. The van der Waals surface area contributed by atoms with E-state index in [1.807, 2.05) is 5.38 Å². The van der Waals surface area contributed by atoms with Crippen LogP contribution in [0.25, 0.3) is 16.3 Å². The number of carbonyl (C=O) groups excluding carboxylic acids is 2. The van der Waals surface area contributed by atoms with E-state index in [9.17, 15) is 19.1 Å². The van der Waals surface area contributed by atoms with E-state index in [1.165, 1.54) is 22.3 Å². The van der Waals surface area contributed by atoms with Crippen LogP contribution in [0.2, 0.25) is 0 Å². The Morgan fingerprint density at radius 3 is 2.86 bits per heavy atom. The highest BCUT2D eigenvalue weighted by atomic mass is 32.1. The number of pyridine rings is 1. The highest BCUT2D eigenvalue weighted by Crippen LogP contribution is 2.32. The Labute approximate surface area is 215 Å². The number of halogens is 1. The van der Waals surface area contributed by atoms with Crippen LogP contribution in [0.3, 0.4) is 0 Å². The largest absolute Gasteiger partial charge is 0.489 e. The molecule has 2 amide bonds. The van der Waals surface area contributed by atoms with Gasteiger partial charge >= 0.3 is 0 Å². The van der Waals surface area contributed by atoms with Gasteiger partial charge in [0.25, 0.3) is 11.8 Å². The molecule has 1 aliphatic rings. The van der Waals surface area contributed by atoms with Crippen LogP contribution < -0.4 is 15.0 Å². The van der Waals surface area contributed by atoms with Crippen molar-refractivity contribution >= 4 is 33.8 Å². The molecule has 0 bridgehead atoms. The molecule has 5 rings (SSSR count). The molecule has 3 aromatic heterocycles. The summed E-state index contributed by atoms with van der Waals surface area (Å²) in [6.45, 7) is 3.10. The maximum atomic E-state index is 13.3. The summed E-state index contributed by atoms with van der Waals surface area (Å²) < 4.78 is 20.8. The number of ether oxygens (including phenoxy) is 1. The van der Waals surface area contributed by atoms with Gasteiger partial charge in [-0.05, 0) is 44.2 Å². The van der Waals surface area contributed by atoms with Crippen molar-refractivity contribution in [2.45, 2.75) is 25.5 Å². The SMILES string of the molecule is CN1C(=O)[C@@H](NC(=O)c2cn3c(-c4ccc(F)cn4)csc3n2)COc2ccc(C#CC(C)(C)O)cc21. The topological polar surface area (TPSA) is 109 Å². The molecule has 0 saturated carbocycles. The maximum Gasteiger partial charge on any atom is 0.272 e. The van der Waals surface area contributed by atoms with Crippen LogP contribution in [0.15, 0.2) is 48.1 Å². The van der Waals surface area contributed by atoms with Crippen LogP contribution in [0.4, 0.5) is 10.1 Å². The number of thiazole rings is 1. The smallest absolute Gasteiger partial charge is 0.272 e. The van der Waals surface area contributed by atoms with Gasteiger partial charge in [-0.3, -0.25) is 19.0 Å². The lowest BCUT2D eigenvalue weighted by atomic mass is 10.1. The molecule has 4 aromatic rings. The second-order valence-electron chi connectivity index (χ2n) is 8.99. The van der Waals surface area contributed by atoms with Crippen LogP contribution in [-0.4, -0.2) is 56.6 Å². The molecule has 2 N–H and O–H groups in total. The fraction of sp³-hybridized carbons (Fsp3) is 0.231. The lowest BCUT2D eigenvalue weighted by Crippen LogP contribution is -2.49. The van der Waals surface area contributed by atoms with Crippen LogP contribution >= 0.6 is 11.3 Å². The van der Waals surface area contributed by atoms with Gasteiger partial charge in [0.05, 0.1) is 23.3 Å². The van der Waals surface area contributed by atoms with E-state index in [0.717, 1.165) is 6.20 Å². The summed E-state index contributed by atoms with van der Waals surface area (Å²) in [5, 5.41) is 14.4. The first-order valence-corrected chi connectivity index (χ1v) is 12.2. The first-order chi connectivity index (χ1) is 17.6. The van der Waals surface area contributed by atoms with E-state index in [0.29, 0.717) is 33.3 Å². The second kappa shape index (κ2) is 9.31. The monoisotopic (exact) mass is 519 g/mol. The average molecular weight is 520 g/mol. The molecule has 1 aliphatic heterocycles. The Kier molecular flexibility index (Phi) is 6.15.